The lowest BCUT2D eigenvalue weighted by atomic mass is 9.63. The van der Waals surface area contributed by atoms with E-state index < -0.39 is 0 Å². The molecule has 106 valence electrons. The van der Waals surface area contributed by atoms with Crippen LogP contribution in [-0.2, 0) is 9.59 Å². The molecule has 6 atom stereocenters. The minimum absolute atomic E-state index is 0.0960. The summed E-state index contributed by atoms with van der Waals surface area (Å²) in [5.41, 5.74) is 0.494. The zero-order valence-corrected chi connectivity index (χ0v) is 11.3. The average molecular weight is 283 g/mol. The lowest BCUT2D eigenvalue weighted by molar-refractivity contribution is -0.124. The van der Waals surface area contributed by atoms with Crippen molar-refractivity contribution < 1.29 is 14.0 Å². The molecular weight excluding hydrogens is 269 g/mol. The van der Waals surface area contributed by atoms with E-state index in [2.05, 4.69) is 12.2 Å². The zero-order chi connectivity index (χ0) is 14.3. The third-order valence-corrected chi connectivity index (χ3v) is 5.75. The van der Waals surface area contributed by atoms with Crippen LogP contribution in [0.25, 0.3) is 0 Å². The van der Waals surface area contributed by atoms with Crippen molar-refractivity contribution in [2.24, 2.45) is 35.5 Å². The van der Waals surface area contributed by atoms with Gasteiger partial charge < -0.3 is 0 Å². The Kier molecular flexibility index (Phi) is 2.01. The summed E-state index contributed by atoms with van der Waals surface area (Å²) in [5.74, 6) is 0.722. The molecule has 21 heavy (non-hydrogen) atoms. The molecule has 4 heteroatoms. The molecule has 0 unspecified atom stereocenters. The summed E-state index contributed by atoms with van der Waals surface area (Å²) in [6.07, 6.45) is 5.46. The van der Waals surface area contributed by atoms with Gasteiger partial charge in [-0.05, 0) is 54.4 Å². The number of hydrogen-bond acceptors (Lipinski definition) is 2. The first-order valence-electron chi connectivity index (χ1n) is 7.48. The van der Waals surface area contributed by atoms with Gasteiger partial charge in [0.05, 0.1) is 17.5 Å². The number of benzene rings is 1. The number of amides is 2. The Labute approximate surface area is 121 Å². The van der Waals surface area contributed by atoms with E-state index in [1.54, 1.807) is 0 Å². The van der Waals surface area contributed by atoms with Gasteiger partial charge in [-0.25, -0.2) is 4.39 Å². The van der Waals surface area contributed by atoms with Crippen molar-refractivity contribution in [3.05, 3.63) is 42.2 Å². The Morgan fingerprint density at radius 2 is 1.43 bits per heavy atom. The second kappa shape index (κ2) is 3.62. The number of carbonyl (C=O) groups excluding carboxylic acids is 2. The molecule has 0 aromatic heterocycles. The molecule has 2 bridgehead atoms. The fraction of sp³-hybridized carbons (Fsp3) is 0.412. The maximum Gasteiger partial charge on any atom is 0.238 e. The summed E-state index contributed by atoms with van der Waals surface area (Å²) in [7, 11) is 0. The van der Waals surface area contributed by atoms with Crippen LogP contribution in [0.4, 0.5) is 10.1 Å². The fourth-order valence-electron chi connectivity index (χ4n) is 4.80. The van der Waals surface area contributed by atoms with Crippen LogP contribution >= 0.6 is 0 Å². The monoisotopic (exact) mass is 283 g/mol. The lowest BCUT2D eigenvalue weighted by Gasteiger charge is -2.37. The van der Waals surface area contributed by atoms with Gasteiger partial charge in [0, 0.05) is 0 Å². The van der Waals surface area contributed by atoms with Crippen LogP contribution in [0.1, 0.15) is 6.42 Å². The van der Waals surface area contributed by atoms with Crippen molar-refractivity contribution in [2.45, 2.75) is 6.42 Å². The maximum atomic E-state index is 13.1. The van der Waals surface area contributed by atoms with Crippen molar-refractivity contribution in [3.63, 3.8) is 0 Å². The standard InChI is InChI=1S/C17H14FNO2/c18-8-1-3-9(4-2-8)19-16(20)14-10-5-6-11(13-7-12(10)13)15(14)17(19)21/h1-6,10-15H,7H2/t10-,11+,12-,13-,14+,15+/m1/s1. The number of anilines is 1. The number of allylic oxidation sites excluding steroid dienone is 2. The van der Waals surface area contributed by atoms with Gasteiger partial charge in [-0.1, -0.05) is 12.2 Å². The van der Waals surface area contributed by atoms with Crippen LogP contribution in [0.5, 0.6) is 0 Å². The number of imide groups is 1. The van der Waals surface area contributed by atoms with Gasteiger partial charge in [0.1, 0.15) is 5.82 Å². The first kappa shape index (κ1) is 11.7. The van der Waals surface area contributed by atoms with Gasteiger partial charge in [-0.15, -0.1) is 0 Å². The van der Waals surface area contributed by atoms with Crippen LogP contribution in [-0.4, -0.2) is 11.8 Å². The first-order valence-corrected chi connectivity index (χ1v) is 7.48. The highest BCUT2D eigenvalue weighted by atomic mass is 19.1. The van der Waals surface area contributed by atoms with E-state index in [0.717, 1.165) is 6.42 Å². The lowest BCUT2D eigenvalue weighted by Crippen LogP contribution is -2.40. The molecule has 2 amide bonds. The molecule has 1 saturated heterocycles. The van der Waals surface area contributed by atoms with E-state index in [4.69, 9.17) is 0 Å². The van der Waals surface area contributed by atoms with E-state index in [9.17, 15) is 14.0 Å². The molecule has 0 N–H and O–H groups in total. The second-order valence-electron chi connectivity index (χ2n) is 6.64. The SMILES string of the molecule is O=C1[C@H]2[C@@H]3C=C[C@@H]([C@H]4C[C@H]34)[C@@H]2C(=O)N1c1ccc(F)cc1. The molecule has 5 aliphatic rings. The van der Waals surface area contributed by atoms with Gasteiger partial charge in [0.15, 0.2) is 0 Å². The molecular formula is C17H14FNO2. The third kappa shape index (κ3) is 1.33. The van der Waals surface area contributed by atoms with Crippen LogP contribution in [0, 0.1) is 41.3 Å². The normalized spacial score (nSPS) is 42.2. The van der Waals surface area contributed by atoms with Crippen LogP contribution in [0.2, 0.25) is 0 Å². The van der Waals surface area contributed by atoms with Crippen molar-refractivity contribution in [2.75, 3.05) is 4.90 Å². The zero-order valence-electron chi connectivity index (χ0n) is 11.3. The topological polar surface area (TPSA) is 37.4 Å². The molecule has 0 spiro atoms. The Morgan fingerprint density at radius 1 is 0.905 bits per heavy atom. The fourth-order valence-corrected chi connectivity index (χ4v) is 4.80. The van der Waals surface area contributed by atoms with E-state index in [1.807, 2.05) is 0 Å². The third-order valence-electron chi connectivity index (χ3n) is 5.75. The van der Waals surface area contributed by atoms with Crippen LogP contribution < -0.4 is 4.90 Å². The Morgan fingerprint density at radius 3 is 1.95 bits per heavy atom. The average Bonchev–Trinajstić information content (AvgIpc) is 3.26. The summed E-state index contributed by atoms with van der Waals surface area (Å²) in [5, 5.41) is 0. The molecule has 2 saturated carbocycles. The molecule has 1 aromatic rings. The van der Waals surface area contributed by atoms with Crippen LogP contribution in [0.15, 0.2) is 36.4 Å². The van der Waals surface area contributed by atoms with Crippen LogP contribution in [0.3, 0.4) is 0 Å². The maximum absolute atomic E-state index is 13.1. The van der Waals surface area contributed by atoms with Crippen molar-refractivity contribution in [3.8, 4) is 0 Å². The molecule has 3 nitrogen and oxygen atoms in total. The van der Waals surface area contributed by atoms with Gasteiger partial charge in [-0.2, -0.15) is 0 Å². The van der Waals surface area contributed by atoms with E-state index in [0.29, 0.717) is 17.5 Å². The van der Waals surface area contributed by atoms with Gasteiger partial charge in [0.25, 0.3) is 0 Å². The minimum atomic E-state index is -0.363. The second-order valence-corrected chi connectivity index (χ2v) is 6.64. The predicted molar refractivity (Wildman–Crippen MR) is 73.6 cm³/mol. The predicted octanol–water partition coefficient (Wildman–Crippen LogP) is 2.38. The van der Waals surface area contributed by atoms with Crippen molar-refractivity contribution in [1.29, 1.82) is 0 Å². The number of rotatable bonds is 1. The molecule has 6 rings (SSSR count). The van der Waals surface area contributed by atoms with E-state index in [1.165, 1.54) is 29.2 Å². The highest BCUT2D eigenvalue weighted by Gasteiger charge is 2.67. The molecule has 3 fully saturated rings. The first-order chi connectivity index (χ1) is 10.2. The van der Waals surface area contributed by atoms with Gasteiger partial charge in [0.2, 0.25) is 11.8 Å². The quantitative estimate of drug-likeness (QED) is 0.586. The van der Waals surface area contributed by atoms with Crippen molar-refractivity contribution >= 4 is 17.5 Å². The molecule has 1 heterocycles. The molecule has 1 aliphatic heterocycles. The Balaban J connectivity index is 1.58. The largest absolute Gasteiger partial charge is 0.274 e. The molecule has 1 aromatic carbocycles. The summed E-state index contributed by atoms with van der Waals surface area (Å²) in [6, 6.07) is 5.61. The number of hydrogen-bond donors (Lipinski definition) is 0. The van der Waals surface area contributed by atoms with E-state index >= 15 is 0 Å². The molecule has 0 radical (unpaired) electrons. The number of carbonyl (C=O) groups is 2. The summed E-state index contributed by atoms with van der Waals surface area (Å²) < 4.78 is 13.1. The summed E-state index contributed by atoms with van der Waals surface area (Å²) >= 11 is 0. The highest BCUT2D eigenvalue weighted by molar-refractivity contribution is 6.22. The summed E-state index contributed by atoms with van der Waals surface area (Å²) in [4.78, 5) is 26.8. The number of halogens is 1. The number of nitrogens with zero attached hydrogens (tertiary/aromatic N) is 1. The summed E-state index contributed by atoms with van der Waals surface area (Å²) in [6.45, 7) is 0. The van der Waals surface area contributed by atoms with Gasteiger partial charge in [-0.3, -0.25) is 14.5 Å². The Hall–Kier alpha value is -1.97. The van der Waals surface area contributed by atoms with Crippen molar-refractivity contribution in [1.82, 2.24) is 0 Å². The smallest absolute Gasteiger partial charge is 0.238 e. The molecule has 4 aliphatic carbocycles. The van der Waals surface area contributed by atoms with E-state index in [-0.39, 0.29) is 41.3 Å². The Bertz CT molecular complexity index is 659. The minimum Gasteiger partial charge on any atom is -0.274 e. The highest BCUT2D eigenvalue weighted by Crippen LogP contribution is 2.65. The van der Waals surface area contributed by atoms with Gasteiger partial charge >= 0.3 is 0 Å².